The number of rotatable bonds is 4. The molecule has 0 spiro atoms. The Morgan fingerprint density at radius 2 is 2.00 bits per heavy atom. The van der Waals surface area contributed by atoms with Crippen LogP contribution < -0.4 is 10.1 Å². The lowest BCUT2D eigenvalue weighted by Crippen LogP contribution is -2.42. The number of ether oxygens (including phenoxy) is 1. The minimum Gasteiger partial charge on any atom is -0.492 e. The highest BCUT2D eigenvalue weighted by molar-refractivity contribution is 5.28. The Morgan fingerprint density at radius 1 is 1.35 bits per heavy atom. The summed E-state index contributed by atoms with van der Waals surface area (Å²) in [5, 5.41) is 3.22. The second-order valence-corrected chi connectivity index (χ2v) is 5.43. The SMILES string of the molecule is CNC(COc1ccc(C)c(F)c1)C(C)(C)C. The van der Waals surface area contributed by atoms with Crippen molar-refractivity contribution in [3.8, 4) is 5.75 Å². The summed E-state index contributed by atoms with van der Waals surface area (Å²) in [5.74, 6) is 0.358. The van der Waals surface area contributed by atoms with Crippen LogP contribution in [0.15, 0.2) is 18.2 Å². The molecule has 0 saturated heterocycles. The largest absolute Gasteiger partial charge is 0.492 e. The molecule has 1 atom stereocenters. The van der Waals surface area contributed by atoms with Crippen molar-refractivity contribution in [1.82, 2.24) is 5.32 Å². The lowest BCUT2D eigenvalue weighted by molar-refractivity contribution is 0.181. The first-order valence-corrected chi connectivity index (χ1v) is 5.91. The van der Waals surface area contributed by atoms with E-state index in [1.54, 1.807) is 19.1 Å². The predicted octanol–water partition coefficient (Wildman–Crippen LogP) is 3.15. The smallest absolute Gasteiger partial charge is 0.129 e. The van der Waals surface area contributed by atoms with E-state index in [1.165, 1.54) is 6.07 Å². The summed E-state index contributed by atoms with van der Waals surface area (Å²) >= 11 is 0. The number of hydrogen-bond acceptors (Lipinski definition) is 2. The van der Waals surface area contributed by atoms with Gasteiger partial charge in [0.2, 0.25) is 0 Å². The molecule has 2 nitrogen and oxygen atoms in total. The number of benzene rings is 1. The Morgan fingerprint density at radius 3 is 2.47 bits per heavy atom. The number of hydrogen-bond donors (Lipinski definition) is 1. The van der Waals surface area contributed by atoms with Gasteiger partial charge in [-0.3, -0.25) is 0 Å². The predicted molar refractivity (Wildman–Crippen MR) is 68.9 cm³/mol. The molecule has 0 bridgehead atoms. The van der Waals surface area contributed by atoms with E-state index in [1.807, 2.05) is 7.05 Å². The zero-order valence-corrected chi connectivity index (χ0v) is 11.3. The molecule has 0 amide bonds. The molecular formula is C14H22FNO. The zero-order valence-electron chi connectivity index (χ0n) is 11.3. The molecule has 1 aromatic rings. The summed E-state index contributed by atoms with van der Waals surface area (Å²) in [6.07, 6.45) is 0. The van der Waals surface area contributed by atoms with Gasteiger partial charge >= 0.3 is 0 Å². The number of halogens is 1. The molecule has 0 aliphatic heterocycles. The topological polar surface area (TPSA) is 21.3 Å². The van der Waals surface area contributed by atoms with Crippen molar-refractivity contribution >= 4 is 0 Å². The van der Waals surface area contributed by atoms with Gasteiger partial charge in [-0.1, -0.05) is 26.8 Å². The van der Waals surface area contributed by atoms with Crippen molar-refractivity contribution in [2.75, 3.05) is 13.7 Å². The fraction of sp³-hybridized carbons (Fsp3) is 0.571. The monoisotopic (exact) mass is 239 g/mol. The second kappa shape index (κ2) is 5.50. The summed E-state index contributed by atoms with van der Waals surface area (Å²) in [6, 6.07) is 5.20. The van der Waals surface area contributed by atoms with Crippen LogP contribution in [0.25, 0.3) is 0 Å². The Balaban J connectivity index is 2.63. The van der Waals surface area contributed by atoms with Crippen molar-refractivity contribution in [3.05, 3.63) is 29.6 Å². The van der Waals surface area contributed by atoms with E-state index in [4.69, 9.17) is 4.74 Å². The fourth-order valence-corrected chi connectivity index (χ4v) is 1.61. The van der Waals surface area contributed by atoms with Gasteiger partial charge in [0.1, 0.15) is 18.2 Å². The van der Waals surface area contributed by atoms with Crippen LogP contribution in [0.2, 0.25) is 0 Å². The van der Waals surface area contributed by atoms with E-state index in [-0.39, 0.29) is 17.3 Å². The maximum absolute atomic E-state index is 13.3. The molecule has 3 heteroatoms. The fourth-order valence-electron chi connectivity index (χ4n) is 1.61. The van der Waals surface area contributed by atoms with Gasteiger partial charge < -0.3 is 10.1 Å². The molecule has 0 heterocycles. The van der Waals surface area contributed by atoms with Gasteiger partial charge in [-0.15, -0.1) is 0 Å². The van der Waals surface area contributed by atoms with Gasteiger partial charge in [0.05, 0.1) is 0 Å². The molecule has 0 radical (unpaired) electrons. The molecule has 0 aromatic heterocycles. The summed E-state index contributed by atoms with van der Waals surface area (Å²) in [6.45, 7) is 8.71. The summed E-state index contributed by atoms with van der Waals surface area (Å²) < 4.78 is 18.9. The van der Waals surface area contributed by atoms with Crippen LogP contribution >= 0.6 is 0 Å². The Kier molecular flexibility index (Phi) is 4.52. The molecule has 1 rings (SSSR count). The maximum atomic E-state index is 13.3. The molecule has 1 unspecified atom stereocenters. The zero-order chi connectivity index (χ0) is 13.1. The van der Waals surface area contributed by atoms with Crippen LogP contribution in [-0.2, 0) is 0 Å². The first-order valence-electron chi connectivity index (χ1n) is 5.91. The highest BCUT2D eigenvalue weighted by atomic mass is 19.1. The third-order valence-corrected chi connectivity index (χ3v) is 2.95. The molecule has 0 saturated carbocycles. The summed E-state index contributed by atoms with van der Waals surface area (Å²) in [7, 11) is 1.91. The van der Waals surface area contributed by atoms with Crippen molar-refractivity contribution in [2.24, 2.45) is 5.41 Å². The van der Waals surface area contributed by atoms with Gasteiger partial charge in [-0.2, -0.15) is 0 Å². The minimum atomic E-state index is -0.223. The molecule has 1 N–H and O–H groups in total. The number of aryl methyl sites for hydroxylation is 1. The third kappa shape index (κ3) is 4.00. The van der Waals surface area contributed by atoms with E-state index in [9.17, 15) is 4.39 Å². The number of nitrogens with one attached hydrogen (secondary N) is 1. The van der Waals surface area contributed by atoms with Gasteiger partial charge in [0.15, 0.2) is 0 Å². The number of likely N-dealkylation sites (N-methyl/N-ethyl adjacent to an activating group) is 1. The van der Waals surface area contributed by atoms with E-state index in [0.717, 1.165) is 0 Å². The van der Waals surface area contributed by atoms with Crippen LogP contribution in [0, 0.1) is 18.2 Å². The van der Waals surface area contributed by atoms with Crippen LogP contribution in [0.3, 0.4) is 0 Å². The second-order valence-electron chi connectivity index (χ2n) is 5.43. The maximum Gasteiger partial charge on any atom is 0.129 e. The average molecular weight is 239 g/mol. The quantitative estimate of drug-likeness (QED) is 0.871. The molecule has 0 aliphatic carbocycles. The summed E-state index contributed by atoms with van der Waals surface area (Å²) in [4.78, 5) is 0. The molecule has 0 aliphatic rings. The van der Waals surface area contributed by atoms with Crippen LogP contribution in [0.1, 0.15) is 26.3 Å². The lowest BCUT2D eigenvalue weighted by atomic mass is 9.87. The van der Waals surface area contributed by atoms with Gasteiger partial charge in [0.25, 0.3) is 0 Å². The molecular weight excluding hydrogens is 217 g/mol. The van der Waals surface area contributed by atoms with Gasteiger partial charge in [-0.05, 0) is 31.0 Å². The normalized spacial score (nSPS) is 13.5. The first-order chi connectivity index (χ1) is 7.84. The Hall–Kier alpha value is -1.09. The van der Waals surface area contributed by atoms with Crippen molar-refractivity contribution in [1.29, 1.82) is 0 Å². The third-order valence-electron chi connectivity index (χ3n) is 2.95. The average Bonchev–Trinajstić information content (AvgIpc) is 2.22. The highest BCUT2D eigenvalue weighted by Crippen LogP contribution is 2.21. The molecule has 1 aromatic carbocycles. The standard InChI is InChI=1S/C14H22FNO/c1-10-6-7-11(8-12(10)15)17-9-13(16-5)14(2,3)4/h6-8,13,16H,9H2,1-5H3. The van der Waals surface area contributed by atoms with Gasteiger partial charge in [-0.25, -0.2) is 4.39 Å². The minimum absolute atomic E-state index is 0.109. The molecule has 17 heavy (non-hydrogen) atoms. The lowest BCUT2D eigenvalue weighted by Gasteiger charge is -2.30. The molecule has 0 fully saturated rings. The van der Waals surface area contributed by atoms with E-state index in [0.29, 0.717) is 17.9 Å². The van der Waals surface area contributed by atoms with Crippen LogP contribution in [0.5, 0.6) is 5.75 Å². The van der Waals surface area contributed by atoms with Crippen molar-refractivity contribution in [2.45, 2.75) is 33.7 Å². The van der Waals surface area contributed by atoms with E-state index < -0.39 is 0 Å². The van der Waals surface area contributed by atoms with Crippen molar-refractivity contribution < 1.29 is 9.13 Å². The Bertz CT molecular complexity index is 371. The molecule has 96 valence electrons. The first kappa shape index (κ1) is 14.0. The van der Waals surface area contributed by atoms with E-state index in [2.05, 4.69) is 26.1 Å². The van der Waals surface area contributed by atoms with Crippen LogP contribution in [0.4, 0.5) is 4.39 Å². The van der Waals surface area contributed by atoms with Crippen molar-refractivity contribution in [3.63, 3.8) is 0 Å². The Labute approximate surface area is 103 Å². The summed E-state index contributed by atoms with van der Waals surface area (Å²) in [5.41, 5.74) is 0.746. The van der Waals surface area contributed by atoms with Crippen LogP contribution in [-0.4, -0.2) is 19.7 Å². The highest BCUT2D eigenvalue weighted by Gasteiger charge is 2.23. The van der Waals surface area contributed by atoms with Gasteiger partial charge in [0, 0.05) is 12.1 Å². The van der Waals surface area contributed by atoms with E-state index >= 15 is 0 Å².